The van der Waals surface area contributed by atoms with Crippen molar-refractivity contribution in [2.75, 3.05) is 0 Å². The van der Waals surface area contributed by atoms with Gasteiger partial charge in [-0.05, 0) is 45.5 Å². The molecule has 1 N–H and O–H groups in total. The van der Waals surface area contributed by atoms with Crippen molar-refractivity contribution in [2.45, 2.75) is 0 Å². The van der Waals surface area contributed by atoms with Gasteiger partial charge in [-0.1, -0.05) is 42.5 Å². The van der Waals surface area contributed by atoms with Gasteiger partial charge in [0, 0.05) is 17.8 Å². The van der Waals surface area contributed by atoms with Gasteiger partial charge < -0.3 is 5.11 Å². The molecule has 0 unspecified atom stereocenters. The molecule has 1 heterocycles. The Morgan fingerprint density at radius 1 is 0.826 bits per heavy atom. The summed E-state index contributed by atoms with van der Waals surface area (Å²) in [6, 6.07) is 19.3. The molecule has 0 fully saturated rings. The summed E-state index contributed by atoms with van der Waals surface area (Å²) in [4.78, 5) is 15.5. The van der Waals surface area contributed by atoms with Crippen LogP contribution >= 0.6 is 0 Å². The molecule has 0 amide bonds. The van der Waals surface area contributed by atoms with E-state index in [0.717, 1.165) is 32.7 Å². The number of hydrogen-bond acceptors (Lipinski definition) is 2. The van der Waals surface area contributed by atoms with Crippen molar-refractivity contribution in [3.63, 3.8) is 0 Å². The fourth-order valence-corrected chi connectivity index (χ4v) is 3.00. The Bertz CT molecular complexity index is 1050. The van der Waals surface area contributed by atoms with Gasteiger partial charge >= 0.3 is 5.97 Å². The van der Waals surface area contributed by atoms with Crippen LogP contribution < -0.4 is 0 Å². The molecule has 0 aliphatic rings. The summed E-state index contributed by atoms with van der Waals surface area (Å²) < 4.78 is 0. The summed E-state index contributed by atoms with van der Waals surface area (Å²) >= 11 is 0. The van der Waals surface area contributed by atoms with Crippen molar-refractivity contribution in [3.8, 4) is 11.1 Å². The molecule has 0 bridgehead atoms. The third kappa shape index (κ3) is 2.23. The number of benzene rings is 3. The lowest BCUT2D eigenvalue weighted by atomic mass is 9.94. The maximum atomic E-state index is 11.3. The third-order valence-electron chi connectivity index (χ3n) is 4.10. The average Bonchev–Trinajstić information content (AvgIpc) is 2.60. The van der Waals surface area contributed by atoms with Gasteiger partial charge in [-0.15, -0.1) is 0 Å². The summed E-state index contributed by atoms with van der Waals surface area (Å²) in [6.45, 7) is 0. The molecule has 0 spiro atoms. The lowest BCUT2D eigenvalue weighted by Gasteiger charge is -2.10. The molecule has 3 nitrogen and oxygen atoms in total. The Morgan fingerprint density at radius 3 is 2.35 bits per heavy atom. The zero-order valence-corrected chi connectivity index (χ0v) is 12.2. The predicted octanol–water partition coefficient (Wildman–Crippen LogP) is 4.75. The van der Waals surface area contributed by atoms with Crippen LogP contribution in [0.5, 0.6) is 0 Å². The molecule has 0 radical (unpaired) electrons. The maximum absolute atomic E-state index is 11.3. The number of aromatic nitrogens is 1. The molecular weight excluding hydrogens is 286 g/mol. The van der Waals surface area contributed by atoms with E-state index in [1.807, 2.05) is 48.7 Å². The Kier molecular flexibility index (Phi) is 3.05. The summed E-state index contributed by atoms with van der Waals surface area (Å²) in [7, 11) is 0. The van der Waals surface area contributed by atoms with Crippen LogP contribution in [-0.2, 0) is 0 Å². The fourth-order valence-electron chi connectivity index (χ4n) is 3.00. The second-order valence-electron chi connectivity index (χ2n) is 5.45. The number of rotatable bonds is 2. The van der Waals surface area contributed by atoms with E-state index in [-0.39, 0.29) is 0 Å². The number of carbonyl (C=O) groups is 1. The van der Waals surface area contributed by atoms with Crippen molar-refractivity contribution in [1.29, 1.82) is 0 Å². The molecule has 4 rings (SSSR count). The molecule has 3 heteroatoms. The normalized spacial score (nSPS) is 11.0. The number of carboxylic acids is 1. The zero-order valence-electron chi connectivity index (χ0n) is 12.2. The Labute approximate surface area is 132 Å². The Balaban J connectivity index is 2.08. The smallest absolute Gasteiger partial charge is 0.335 e. The summed E-state index contributed by atoms with van der Waals surface area (Å²) in [6.07, 6.45) is 3.62. The van der Waals surface area contributed by atoms with Crippen LogP contribution in [0.4, 0.5) is 0 Å². The van der Waals surface area contributed by atoms with Gasteiger partial charge in [-0.2, -0.15) is 0 Å². The fraction of sp³-hybridized carbons (Fsp3) is 0. The van der Waals surface area contributed by atoms with E-state index in [9.17, 15) is 9.90 Å². The summed E-state index contributed by atoms with van der Waals surface area (Å²) in [5.41, 5.74) is 2.41. The van der Waals surface area contributed by atoms with Crippen LogP contribution in [0.15, 0.2) is 73.1 Å². The number of pyridine rings is 1. The van der Waals surface area contributed by atoms with E-state index in [2.05, 4.69) is 11.1 Å². The molecule has 3 aromatic carbocycles. The monoisotopic (exact) mass is 299 g/mol. The standard InChI is InChI=1S/C20H13NO2/c22-20(23)14-8-7-13-3-1-6-18(19(13)11-14)17-5-2-4-15-12-21-10-9-16(15)17/h1-12H,(H,22,23). The van der Waals surface area contributed by atoms with Gasteiger partial charge in [-0.25, -0.2) is 4.79 Å². The third-order valence-corrected chi connectivity index (χ3v) is 4.10. The van der Waals surface area contributed by atoms with Crippen molar-refractivity contribution in [3.05, 3.63) is 78.6 Å². The van der Waals surface area contributed by atoms with Gasteiger partial charge in [-0.3, -0.25) is 4.98 Å². The molecule has 0 aliphatic carbocycles. The van der Waals surface area contributed by atoms with Crippen molar-refractivity contribution in [2.24, 2.45) is 0 Å². The van der Waals surface area contributed by atoms with Gasteiger partial charge in [0.2, 0.25) is 0 Å². The highest BCUT2D eigenvalue weighted by Gasteiger charge is 2.10. The van der Waals surface area contributed by atoms with E-state index in [1.165, 1.54) is 0 Å². The number of hydrogen-bond donors (Lipinski definition) is 1. The first-order chi connectivity index (χ1) is 11.2. The minimum Gasteiger partial charge on any atom is -0.478 e. The number of nitrogens with zero attached hydrogens (tertiary/aromatic N) is 1. The van der Waals surface area contributed by atoms with Crippen LogP contribution in [0.2, 0.25) is 0 Å². The van der Waals surface area contributed by atoms with E-state index >= 15 is 0 Å². The van der Waals surface area contributed by atoms with E-state index in [1.54, 1.807) is 18.3 Å². The van der Waals surface area contributed by atoms with E-state index in [0.29, 0.717) is 5.56 Å². The molecule has 23 heavy (non-hydrogen) atoms. The minimum atomic E-state index is -0.913. The van der Waals surface area contributed by atoms with Crippen LogP contribution in [-0.4, -0.2) is 16.1 Å². The van der Waals surface area contributed by atoms with Crippen LogP contribution in [0.25, 0.3) is 32.7 Å². The zero-order chi connectivity index (χ0) is 15.8. The van der Waals surface area contributed by atoms with Gasteiger partial charge in [0.25, 0.3) is 0 Å². The highest BCUT2D eigenvalue weighted by Crippen LogP contribution is 2.33. The molecule has 110 valence electrons. The SMILES string of the molecule is O=C(O)c1ccc2cccc(-c3cccc4cnccc34)c2c1. The number of aromatic carboxylic acids is 1. The maximum Gasteiger partial charge on any atom is 0.335 e. The average molecular weight is 299 g/mol. The molecule has 1 aromatic heterocycles. The lowest BCUT2D eigenvalue weighted by molar-refractivity contribution is 0.0697. The largest absolute Gasteiger partial charge is 0.478 e. The van der Waals surface area contributed by atoms with Crippen LogP contribution in [0.3, 0.4) is 0 Å². The van der Waals surface area contributed by atoms with Crippen molar-refractivity contribution < 1.29 is 9.90 Å². The predicted molar refractivity (Wildman–Crippen MR) is 91.6 cm³/mol. The van der Waals surface area contributed by atoms with Gasteiger partial charge in [0.05, 0.1) is 5.56 Å². The highest BCUT2D eigenvalue weighted by molar-refractivity contribution is 6.06. The quantitative estimate of drug-likeness (QED) is 0.581. The summed E-state index contributed by atoms with van der Waals surface area (Å²) in [5.74, 6) is -0.913. The van der Waals surface area contributed by atoms with Gasteiger partial charge in [0.15, 0.2) is 0 Å². The first-order valence-electron chi connectivity index (χ1n) is 7.33. The molecular formula is C20H13NO2. The number of carboxylic acid groups (broad SMARTS) is 1. The van der Waals surface area contributed by atoms with E-state index in [4.69, 9.17) is 0 Å². The Morgan fingerprint density at radius 2 is 1.57 bits per heavy atom. The molecule has 0 aliphatic heterocycles. The van der Waals surface area contributed by atoms with Crippen LogP contribution in [0, 0.1) is 0 Å². The molecule has 0 atom stereocenters. The Hall–Kier alpha value is -3.20. The van der Waals surface area contributed by atoms with Gasteiger partial charge in [0.1, 0.15) is 0 Å². The second kappa shape index (κ2) is 5.21. The molecule has 0 saturated carbocycles. The summed E-state index contributed by atoms with van der Waals surface area (Å²) in [5, 5.41) is 13.4. The topological polar surface area (TPSA) is 50.2 Å². The lowest BCUT2D eigenvalue weighted by Crippen LogP contribution is -1.95. The molecule has 0 saturated heterocycles. The first-order valence-corrected chi connectivity index (χ1v) is 7.33. The first kappa shape index (κ1) is 13.5. The second-order valence-corrected chi connectivity index (χ2v) is 5.45. The van der Waals surface area contributed by atoms with Crippen molar-refractivity contribution >= 4 is 27.5 Å². The van der Waals surface area contributed by atoms with Crippen molar-refractivity contribution in [1.82, 2.24) is 4.98 Å². The van der Waals surface area contributed by atoms with E-state index < -0.39 is 5.97 Å². The minimum absolute atomic E-state index is 0.298. The van der Waals surface area contributed by atoms with Crippen LogP contribution in [0.1, 0.15) is 10.4 Å². The highest BCUT2D eigenvalue weighted by atomic mass is 16.4. The number of fused-ring (bicyclic) bond motifs is 2. The molecule has 4 aromatic rings.